The highest BCUT2D eigenvalue weighted by Gasteiger charge is 2.09. The lowest BCUT2D eigenvalue weighted by Gasteiger charge is -2.13. The summed E-state index contributed by atoms with van der Waals surface area (Å²) >= 11 is 0. The molecule has 0 atom stereocenters. The van der Waals surface area contributed by atoms with Crippen molar-refractivity contribution < 1.29 is 4.79 Å². The van der Waals surface area contributed by atoms with Crippen molar-refractivity contribution in [3.05, 3.63) is 82.3 Å². The Hall–Kier alpha value is -3.21. The monoisotopic (exact) mass is 360 g/mol. The summed E-state index contributed by atoms with van der Waals surface area (Å²) in [4.78, 5) is 20.9. The van der Waals surface area contributed by atoms with Gasteiger partial charge in [0, 0.05) is 12.2 Å². The Bertz CT molecular complexity index is 941. The van der Waals surface area contributed by atoms with Gasteiger partial charge < -0.3 is 10.6 Å². The number of hydrogen-bond acceptors (Lipinski definition) is 4. The van der Waals surface area contributed by atoms with E-state index < -0.39 is 0 Å². The first-order valence-electron chi connectivity index (χ1n) is 8.93. The molecule has 5 nitrogen and oxygen atoms in total. The van der Waals surface area contributed by atoms with Gasteiger partial charge in [-0.25, -0.2) is 9.97 Å². The molecule has 0 aliphatic heterocycles. The van der Waals surface area contributed by atoms with Crippen LogP contribution in [-0.4, -0.2) is 15.9 Å². The average molecular weight is 360 g/mol. The van der Waals surface area contributed by atoms with Crippen molar-refractivity contribution >= 4 is 17.4 Å². The van der Waals surface area contributed by atoms with Crippen LogP contribution in [0, 0.1) is 27.7 Å². The van der Waals surface area contributed by atoms with Crippen LogP contribution < -0.4 is 10.6 Å². The highest BCUT2D eigenvalue weighted by Crippen LogP contribution is 2.24. The van der Waals surface area contributed by atoms with Crippen molar-refractivity contribution in [1.29, 1.82) is 0 Å². The van der Waals surface area contributed by atoms with Crippen LogP contribution in [0.5, 0.6) is 0 Å². The number of hydrogen-bond donors (Lipinski definition) is 2. The van der Waals surface area contributed by atoms with Gasteiger partial charge in [-0.15, -0.1) is 0 Å². The summed E-state index contributed by atoms with van der Waals surface area (Å²) < 4.78 is 0. The van der Waals surface area contributed by atoms with Gasteiger partial charge in [-0.3, -0.25) is 4.79 Å². The fourth-order valence-electron chi connectivity index (χ4n) is 3.11. The molecule has 1 amide bonds. The van der Waals surface area contributed by atoms with E-state index in [1.807, 2.05) is 31.2 Å². The first-order valence-corrected chi connectivity index (χ1v) is 8.93. The molecular weight excluding hydrogens is 336 g/mol. The van der Waals surface area contributed by atoms with E-state index in [4.69, 9.17) is 0 Å². The lowest BCUT2D eigenvalue weighted by molar-refractivity contribution is 0.0945. The number of nitrogens with zero attached hydrogens (tertiary/aromatic N) is 2. The van der Waals surface area contributed by atoms with E-state index in [-0.39, 0.29) is 5.91 Å². The molecule has 27 heavy (non-hydrogen) atoms. The van der Waals surface area contributed by atoms with Crippen molar-refractivity contribution in [3.8, 4) is 0 Å². The number of benzene rings is 2. The quantitative estimate of drug-likeness (QED) is 0.708. The molecule has 0 fully saturated rings. The number of rotatable bonds is 5. The molecule has 0 saturated carbocycles. The zero-order valence-corrected chi connectivity index (χ0v) is 16.1. The van der Waals surface area contributed by atoms with Gasteiger partial charge in [0.1, 0.15) is 11.5 Å². The summed E-state index contributed by atoms with van der Waals surface area (Å²) in [6.45, 7) is 8.68. The van der Waals surface area contributed by atoms with E-state index in [0.717, 1.165) is 22.4 Å². The third kappa shape index (κ3) is 4.70. The standard InChI is InChI=1S/C22H24N4O/c1-14-6-5-7-18(10-14)11-25-22(27)19-12-24-20(13-23-19)26-21-16(3)8-15(2)9-17(21)4/h5-10,12-13H,11H2,1-4H3,(H,24,26)(H,25,27). The number of nitrogens with one attached hydrogen (secondary N) is 2. The van der Waals surface area contributed by atoms with Crippen molar-refractivity contribution in [3.63, 3.8) is 0 Å². The van der Waals surface area contributed by atoms with Gasteiger partial charge in [0.05, 0.1) is 12.4 Å². The van der Waals surface area contributed by atoms with Gasteiger partial charge in [-0.1, -0.05) is 47.5 Å². The molecule has 0 bridgehead atoms. The second-order valence-corrected chi connectivity index (χ2v) is 6.86. The van der Waals surface area contributed by atoms with Crippen LogP contribution in [0.15, 0.2) is 48.8 Å². The van der Waals surface area contributed by atoms with Crippen LogP contribution in [0.3, 0.4) is 0 Å². The Labute approximate surface area is 159 Å². The van der Waals surface area contributed by atoms with E-state index in [2.05, 4.69) is 53.5 Å². The van der Waals surface area contributed by atoms with Gasteiger partial charge in [0.25, 0.3) is 5.91 Å². The van der Waals surface area contributed by atoms with Gasteiger partial charge in [0.2, 0.25) is 0 Å². The van der Waals surface area contributed by atoms with Crippen LogP contribution >= 0.6 is 0 Å². The van der Waals surface area contributed by atoms with Crippen molar-refractivity contribution in [2.75, 3.05) is 5.32 Å². The molecule has 0 spiro atoms. The Morgan fingerprint density at radius 3 is 2.30 bits per heavy atom. The summed E-state index contributed by atoms with van der Waals surface area (Å²) in [7, 11) is 0. The fourth-order valence-corrected chi connectivity index (χ4v) is 3.11. The Morgan fingerprint density at radius 1 is 0.926 bits per heavy atom. The van der Waals surface area contributed by atoms with Gasteiger partial charge in [-0.2, -0.15) is 0 Å². The molecule has 0 aliphatic carbocycles. The first kappa shape index (κ1) is 18.6. The Balaban J connectivity index is 1.65. The lowest BCUT2D eigenvalue weighted by Crippen LogP contribution is -2.24. The molecule has 3 rings (SSSR count). The molecule has 3 aromatic rings. The maximum atomic E-state index is 12.3. The Morgan fingerprint density at radius 2 is 1.67 bits per heavy atom. The molecule has 1 aromatic heterocycles. The zero-order chi connectivity index (χ0) is 19.4. The van der Waals surface area contributed by atoms with Crippen molar-refractivity contribution in [2.45, 2.75) is 34.2 Å². The summed E-state index contributed by atoms with van der Waals surface area (Å²) in [5.74, 6) is 0.374. The van der Waals surface area contributed by atoms with Crippen molar-refractivity contribution in [1.82, 2.24) is 15.3 Å². The number of aromatic nitrogens is 2. The van der Waals surface area contributed by atoms with E-state index >= 15 is 0 Å². The van der Waals surface area contributed by atoms with E-state index in [1.165, 1.54) is 17.3 Å². The number of carbonyl (C=O) groups excluding carboxylic acids is 1. The van der Waals surface area contributed by atoms with Gasteiger partial charge in [-0.05, 0) is 44.4 Å². The van der Waals surface area contributed by atoms with Crippen LogP contribution in [0.2, 0.25) is 0 Å². The van der Waals surface area contributed by atoms with Crippen LogP contribution in [0.1, 0.15) is 38.3 Å². The number of anilines is 2. The largest absolute Gasteiger partial charge is 0.347 e. The minimum atomic E-state index is -0.238. The molecule has 1 heterocycles. The highest BCUT2D eigenvalue weighted by atomic mass is 16.1. The fraction of sp³-hybridized carbons (Fsp3) is 0.227. The molecule has 5 heteroatoms. The van der Waals surface area contributed by atoms with E-state index in [9.17, 15) is 4.79 Å². The maximum Gasteiger partial charge on any atom is 0.271 e. The van der Waals surface area contributed by atoms with Crippen molar-refractivity contribution in [2.24, 2.45) is 0 Å². The number of carbonyl (C=O) groups is 1. The molecule has 0 aliphatic rings. The predicted molar refractivity (Wildman–Crippen MR) is 108 cm³/mol. The normalized spacial score (nSPS) is 10.5. The number of aryl methyl sites for hydroxylation is 4. The molecular formula is C22H24N4O. The summed E-state index contributed by atoms with van der Waals surface area (Å²) in [5.41, 5.74) is 7.06. The molecule has 138 valence electrons. The predicted octanol–water partition coefficient (Wildman–Crippen LogP) is 4.38. The molecule has 0 radical (unpaired) electrons. The second-order valence-electron chi connectivity index (χ2n) is 6.86. The third-order valence-electron chi connectivity index (χ3n) is 4.35. The molecule has 2 N–H and O–H groups in total. The molecule has 0 unspecified atom stereocenters. The Kier molecular flexibility index (Phi) is 5.50. The summed E-state index contributed by atoms with van der Waals surface area (Å²) in [6.07, 6.45) is 3.08. The highest BCUT2D eigenvalue weighted by molar-refractivity contribution is 5.92. The first-order chi connectivity index (χ1) is 12.9. The third-order valence-corrected chi connectivity index (χ3v) is 4.35. The van der Waals surface area contributed by atoms with Gasteiger partial charge >= 0.3 is 0 Å². The SMILES string of the molecule is Cc1cccc(CNC(=O)c2cnc(Nc3c(C)cc(C)cc3C)cn2)c1. The average Bonchev–Trinajstić information content (AvgIpc) is 2.63. The van der Waals surface area contributed by atoms with Gasteiger partial charge in [0.15, 0.2) is 0 Å². The smallest absolute Gasteiger partial charge is 0.271 e. The minimum Gasteiger partial charge on any atom is -0.347 e. The van der Waals surface area contributed by atoms with E-state index in [1.54, 1.807) is 6.20 Å². The summed E-state index contributed by atoms with van der Waals surface area (Å²) in [5, 5.41) is 6.17. The topological polar surface area (TPSA) is 66.9 Å². The molecule has 2 aromatic carbocycles. The lowest BCUT2D eigenvalue weighted by atomic mass is 10.1. The zero-order valence-electron chi connectivity index (χ0n) is 16.1. The van der Waals surface area contributed by atoms with Crippen LogP contribution in [0.4, 0.5) is 11.5 Å². The summed E-state index contributed by atoms with van der Waals surface area (Å²) in [6, 6.07) is 12.3. The molecule has 0 saturated heterocycles. The second kappa shape index (κ2) is 7.99. The number of amides is 1. The minimum absolute atomic E-state index is 0.238. The van der Waals surface area contributed by atoms with Crippen LogP contribution in [0.25, 0.3) is 0 Å². The maximum absolute atomic E-state index is 12.3. The van der Waals surface area contributed by atoms with E-state index in [0.29, 0.717) is 18.1 Å². The van der Waals surface area contributed by atoms with Crippen LogP contribution in [-0.2, 0) is 6.54 Å².